The van der Waals surface area contributed by atoms with Gasteiger partial charge in [-0.1, -0.05) is 20.8 Å². The summed E-state index contributed by atoms with van der Waals surface area (Å²) in [4.78, 5) is 21.2. The van der Waals surface area contributed by atoms with Crippen molar-refractivity contribution in [3.63, 3.8) is 0 Å². The fourth-order valence-electron chi connectivity index (χ4n) is 2.34. The fraction of sp³-hybridized carbons (Fsp3) is 0.688. The molecule has 0 radical (unpaired) electrons. The van der Waals surface area contributed by atoms with Gasteiger partial charge >= 0.3 is 0 Å². The van der Waals surface area contributed by atoms with Crippen LogP contribution in [0.5, 0.6) is 5.88 Å². The minimum Gasteiger partial charge on any atom is -0.494 e. The molecule has 0 bridgehead atoms. The lowest BCUT2D eigenvalue weighted by Crippen LogP contribution is -2.24. The Hall–Kier alpha value is -1.47. The van der Waals surface area contributed by atoms with Gasteiger partial charge in [-0.15, -0.1) is 0 Å². The van der Waals surface area contributed by atoms with Gasteiger partial charge in [-0.3, -0.25) is 19.3 Å². The van der Waals surface area contributed by atoms with Gasteiger partial charge in [0.15, 0.2) is 4.77 Å². The van der Waals surface area contributed by atoms with E-state index >= 15 is 0 Å². The number of hydrogen-bond acceptors (Lipinski definition) is 5. The molecule has 6 nitrogen and oxygen atoms in total. The highest BCUT2D eigenvalue weighted by Gasteiger charge is 2.14. The molecule has 23 heavy (non-hydrogen) atoms. The van der Waals surface area contributed by atoms with E-state index in [9.17, 15) is 9.90 Å². The molecule has 1 rings (SSSR count). The van der Waals surface area contributed by atoms with Gasteiger partial charge in [-0.05, 0) is 51.6 Å². The maximum absolute atomic E-state index is 12.0. The number of nitrogens with zero attached hydrogens (tertiary/aromatic N) is 3. The van der Waals surface area contributed by atoms with Crippen LogP contribution in [-0.4, -0.2) is 52.0 Å². The average molecular weight is 340 g/mol. The number of H-pyrrole nitrogens is 1. The minimum absolute atomic E-state index is 0.00849. The van der Waals surface area contributed by atoms with Gasteiger partial charge in [0.1, 0.15) is 5.56 Å². The van der Waals surface area contributed by atoms with Gasteiger partial charge < -0.3 is 10.0 Å². The maximum Gasteiger partial charge on any atom is 0.264 e. The monoisotopic (exact) mass is 340 g/mol. The number of rotatable bonds is 9. The lowest BCUT2D eigenvalue weighted by atomic mass is 10.2. The van der Waals surface area contributed by atoms with Crippen LogP contribution in [0.15, 0.2) is 9.79 Å². The van der Waals surface area contributed by atoms with E-state index in [2.05, 4.69) is 28.7 Å². The van der Waals surface area contributed by atoms with Crippen molar-refractivity contribution in [2.45, 2.75) is 46.6 Å². The second kappa shape index (κ2) is 9.62. The standard InChI is InChI=1S/C16H28N4O2S/c1-5-12(4)20-15(22)13(14(21)18-16(20)23)11-17-9-8-10-19(6-2)7-3/h11-12,22H,5-10H2,1-4H3,(H,18,21,23)/t12-/m1/s1. The summed E-state index contributed by atoms with van der Waals surface area (Å²) in [6.45, 7) is 11.9. The number of aliphatic imine (C=N–C) groups is 1. The molecule has 2 N–H and O–H groups in total. The summed E-state index contributed by atoms with van der Waals surface area (Å²) in [7, 11) is 0. The van der Waals surface area contributed by atoms with Crippen molar-refractivity contribution in [2.75, 3.05) is 26.2 Å². The average Bonchev–Trinajstić information content (AvgIpc) is 2.52. The molecule has 0 aromatic carbocycles. The predicted octanol–water partition coefficient (Wildman–Crippen LogP) is 2.73. The maximum atomic E-state index is 12.0. The third kappa shape index (κ3) is 5.28. The van der Waals surface area contributed by atoms with Crippen LogP contribution in [0.1, 0.15) is 52.1 Å². The van der Waals surface area contributed by atoms with Crippen molar-refractivity contribution in [2.24, 2.45) is 4.99 Å². The van der Waals surface area contributed by atoms with Crippen molar-refractivity contribution in [3.8, 4) is 5.88 Å². The highest BCUT2D eigenvalue weighted by atomic mass is 32.1. The molecule has 0 fully saturated rings. The van der Waals surface area contributed by atoms with Crippen LogP contribution >= 0.6 is 12.2 Å². The van der Waals surface area contributed by atoms with Gasteiger partial charge in [-0.25, -0.2) is 0 Å². The quantitative estimate of drug-likeness (QED) is 0.412. The number of hydrogen-bond donors (Lipinski definition) is 2. The smallest absolute Gasteiger partial charge is 0.264 e. The Morgan fingerprint density at radius 1 is 1.39 bits per heavy atom. The molecule has 1 atom stereocenters. The number of nitrogens with one attached hydrogen (secondary N) is 1. The van der Waals surface area contributed by atoms with E-state index < -0.39 is 5.56 Å². The lowest BCUT2D eigenvalue weighted by Gasteiger charge is -2.17. The molecule has 0 aliphatic heterocycles. The Kier molecular flexibility index (Phi) is 8.19. The predicted molar refractivity (Wildman–Crippen MR) is 97.4 cm³/mol. The molecule has 1 aromatic heterocycles. The molecule has 0 aliphatic rings. The van der Waals surface area contributed by atoms with E-state index in [1.54, 1.807) is 4.57 Å². The van der Waals surface area contributed by atoms with Crippen LogP contribution in [0.4, 0.5) is 0 Å². The van der Waals surface area contributed by atoms with Crippen molar-refractivity contribution in [1.29, 1.82) is 0 Å². The molecule has 0 saturated heterocycles. The molecule has 0 saturated carbocycles. The molecule has 0 aliphatic carbocycles. The van der Waals surface area contributed by atoms with Crippen LogP contribution in [0.3, 0.4) is 0 Å². The van der Waals surface area contributed by atoms with Gasteiger partial charge in [0, 0.05) is 18.8 Å². The van der Waals surface area contributed by atoms with E-state index in [4.69, 9.17) is 12.2 Å². The molecule has 1 heterocycles. The fourth-order valence-corrected chi connectivity index (χ4v) is 2.70. The first-order valence-corrected chi connectivity index (χ1v) is 8.66. The van der Waals surface area contributed by atoms with Crippen molar-refractivity contribution in [1.82, 2.24) is 14.5 Å². The zero-order chi connectivity index (χ0) is 17.4. The first kappa shape index (κ1) is 19.6. The van der Waals surface area contributed by atoms with Crippen LogP contribution in [0.2, 0.25) is 0 Å². The summed E-state index contributed by atoms with van der Waals surface area (Å²) < 4.78 is 1.80. The molecular formula is C16H28N4O2S. The van der Waals surface area contributed by atoms with Crippen molar-refractivity contribution in [3.05, 3.63) is 20.7 Å². The number of aromatic hydroxyl groups is 1. The highest BCUT2D eigenvalue weighted by molar-refractivity contribution is 7.71. The molecular weight excluding hydrogens is 312 g/mol. The first-order chi connectivity index (χ1) is 11.0. The first-order valence-electron chi connectivity index (χ1n) is 8.26. The Bertz CT molecular complexity index is 632. The second-order valence-electron chi connectivity index (χ2n) is 5.54. The largest absolute Gasteiger partial charge is 0.494 e. The Balaban J connectivity index is 2.86. The van der Waals surface area contributed by atoms with Gasteiger partial charge in [0.05, 0.1) is 0 Å². The molecule has 7 heteroatoms. The SMILES string of the molecule is CC[C@@H](C)n1c(O)c(C=NCCCN(CC)CC)c(=O)[nH]c1=S. The van der Waals surface area contributed by atoms with Gasteiger partial charge in [0.2, 0.25) is 5.88 Å². The van der Waals surface area contributed by atoms with Crippen LogP contribution < -0.4 is 5.56 Å². The second-order valence-corrected chi connectivity index (χ2v) is 5.93. The Labute approximate surface area is 142 Å². The molecule has 0 amide bonds. The van der Waals surface area contributed by atoms with Crippen LogP contribution in [0, 0.1) is 4.77 Å². The van der Waals surface area contributed by atoms with E-state index in [1.807, 2.05) is 13.8 Å². The molecule has 130 valence electrons. The Morgan fingerprint density at radius 2 is 2.04 bits per heavy atom. The van der Waals surface area contributed by atoms with E-state index in [-0.39, 0.29) is 22.3 Å². The van der Waals surface area contributed by atoms with E-state index in [0.717, 1.165) is 32.5 Å². The van der Waals surface area contributed by atoms with Crippen molar-refractivity contribution >= 4 is 18.4 Å². The van der Waals surface area contributed by atoms with E-state index in [0.29, 0.717) is 6.54 Å². The van der Waals surface area contributed by atoms with Gasteiger partial charge in [-0.2, -0.15) is 0 Å². The summed E-state index contributed by atoms with van der Waals surface area (Å²) in [5.41, 5.74) is -0.235. The summed E-state index contributed by atoms with van der Waals surface area (Å²) in [6.07, 6.45) is 3.17. The normalized spacial score (nSPS) is 13.1. The summed E-state index contributed by atoms with van der Waals surface area (Å²) >= 11 is 5.14. The molecule has 0 unspecified atom stereocenters. The number of aromatic amines is 1. The lowest BCUT2D eigenvalue weighted by molar-refractivity contribution is 0.302. The summed E-state index contributed by atoms with van der Waals surface area (Å²) in [6, 6.07) is 0.00849. The minimum atomic E-state index is -0.403. The van der Waals surface area contributed by atoms with E-state index in [1.165, 1.54) is 6.21 Å². The zero-order valence-corrected chi connectivity index (χ0v) is 15.3. The van der Waals surface area contributed by atoms with Crippen LogP contribution in [0.25, 0.3) is 0 Å². The zero-order valence-electron chi connectivity index (χ0n) is 14.5. The van der Waals surface area contributed by atoms with Crippen molar-refractivity contribution < 1.29 is 5.11 Å². The highest BCUT2D eigenvalue weighted by Crippen LogP contribution is 2.19. The Morgan fingerprint density at radius 3 is 2.61 bits per heavy atom. The topological polar surface area (TPSA) is 73.6 Å². The van der Waals surface area contributed by atoms with Gasteiger partial charge in [0.25, 0.3) is 5.56 Å². The van der Waals surface area contributed by atoms with Crippen LogP contribution in [-0.2, 0) is 0 Å². The third-order valence-corrected chi connectivity index (χ3v) is 4.36. The third-order valence-electron chi connectivity index (χ3n) is 4.06. The molecule has 1 aromatic rings. The number of aromatic nitrogens is 2. The summed E-state index contributed by atoms with van der Waals surface area (Å²) in [5.74, 6) is -0.111. The molecule has 0 spiro atoms. The summed E-state index contributed by atoms with van der Waals surface area (Å²) in [5, 5.41) is 10.3.